The topological polar surface area (TPSA) is 110 Å². The van der Waals surface area contributed by atoms with Crippen LogP contribution in [0.1, 0.15) is 6.42 Å². The Morgan fingerprint density at radius 2 is 2.18 bits per heavy atom. The molecule has 1 aromatic rings. The fourth-order valence-electron chi connectivity index (χ4n) is 1.29. The summed E-state index contributed by atoms with van der Waals surface area (Å²) in [5.41, 5.74) is 6.29. The summed E-state index contributed by atoms with van der Waals surface area (Å²) in [7, 11) is 1.55. The lowest BCUT2D eigenvalue weighted by molar-refractivity contribution is -0.384. The molecular weight excluding hydrogens is 224 g/mol. The molecule has 0 spiro atoms. The predicted octanol–water partition coefficient (Wildman–Crippen LogP) is 0.725. The number of rotatable bonds is 5. The standard InChI is InChI=1S/C10H14N4O3/c1-12-10(15)2-3-13-8-4-7(11)5-9(6-8)14(16)17/h4-6,13H,2-3,11H2,1H3,(H,12,15). The molecule has 0 radical (unpaired) electrons. The molecule has 1 amide bonds. The summed E-state index contributed by atoms with van der Waals surface area (Å²) < 4.78 is 0. The first-order valence-electron chi connectivity index (χ1n) is 5.02. The molecule has 7 nitrogen and oxygen atoms in total. The van der Waals surface area contributed by atoms with Crippen molar-refractivity contribution in [1.29, 1.82) is 0 Å². The Balaban J connectivity index is 2.65. The SMILES string of the molecule is CNC(=O)CCNc1cc(N)cc([N+](=O)[O-])c1. The van der Waals surface area contributed by atoms with E-state index < -0.39 is 4.92 Å². The molecule has 0 saturated carbocycles. The van der Waals surface area contributed by atoms with Crippen molar-refractivity contribution >= 4 is 23.0 Å². The molecule has 0 aliphatic carbocycles. The van der Waals surface area contributed by atoms with Gasteiger partial charge in [-0.05, 0) is 6.07 Å². The predicted molar refractivity (Wildman–Crippen MR) is 64.7 cm³/mol. The zero-order valence-electron chi connectivity index (χ0n) is 9.40. The highest BCUT2D eigenvalue weighted by molar-refractivity contribution is 5.76. The average Bonchev–Trinajstić information content (AvgIpc) is 2.28. The van der Waals surface area contributed by atoms with Gasteiger partial charge in [0, 0.05) is 43.5 Å². The second-order valence-electron chi connectivity index (χ2n) is 3.42. The third-order valence-electron chi connectivity index (χ3n) is 2.11. The second-order valence-corrected chi connectivity index (χ2v) is 3.42. The van der Waals surface area contributed by atoms with Crippen LogP contribution in [0.25, 0.3) is 0 Å². The van der Waals surface area contributed by atoms with E-state index in [0.29, 0.717) is 24.3 Å². The van der Waals surface area contributed by atoms with E-state index in [2.05, 4.69) is 10.6 Å². The summed E-state index contributed by atoms with van der Waals surface area (Å²) in [6, 6.07) is 4.24. The van der Waals surface area contributed by atoms with Gasteiger partial charge in [-0.3, -0.25) is 14.9 Å². The second kappa shape index (κ2) is 5.69. The molecule has 0 heterocycles. The smallest absolute Gasteiger partial charge is 0.273 e. The number of amides is 1. The van der Waals surface area contributed by atoms with Crippen LogP contribution in [0.3, 0.4) is 0 Å². The minimum absolute atomic E-state index is 0.0764. The van der Waals surface area contributed by atoms with Gasteiger partial charge in [-0.15, -0.1) is 0 Å². The van der Waals surface area contributed by atoms with Crippen molar-refractivity contribution in [3.05, 3.63) is 28.3 Å². The lowest BCUT2D eigenvalue weighted by atomic mass is 10.2. The third kappa shape index (κ3) is 3.98. The minimum Gasteiger partial charge on any atom is -0.398 e. The molecule has 1 aromatic carbocycles. The normalized spacial score (nSPS) is 9.71. The van der Waals surface area contributed by atoms with Crippen molar-refractivity contribution < 1.29 is 9.72 Å². The maximum Gasteiger partial charge on any atom is 0.273 e. The van der Waals surface area contributed by atoms with Crippen molar-refractivity contribution in [3.8, 4) is 0 Å². The molecule has 0 unspecified atom stereocenters. The number of benzene rings is 1. The summed E-state index contributed by atoms with van der Waals surface area (Å²) in [5, 5.41) is 16.0. The van der Waals surface area contributed by atoms with Crippen LogP contribution in [-0.2, 0) is 4.79 Å². The van der Waals surface area contributed by atoms with Crippen LogP contribution in [0.15, 0.2) is 18.2 Å². The monoisotopic (exact) mass is 238 g/mol. The lowest BCUT2D eigenvalue weighted by Crippen LogP contribution is -2.20. The summed E-state index contributed by atoms with van der Waals surface area (Å²) in [5.74, 6) is -0.101. The number of carbonyl (C=O) groups is 1. The first-order valence-corrected chi connectivity index (χ1v) is 5.02. The Labute approximate surface area is 98.1 Å². The van der Waals surface area contributed by atoms with Crippen molar-refractivity contribution in [2.75, 3.05) is 24.6 Å². The molecule has 0 bridgehead atoms. The maximum absolute atomic E-state index is 11.0. The van der Waals surface area contributed by atoms with Crippen molar-refractivity contribution in [2.24, 2.45) is 0 Å². The number of nitrogens with two attached hydrogens (primary N) is 1. The number of nitro benzene ring substituents is 1. The Kier molecular flexibility index (Phi) is 4.27. The van der Waals surface area contributed by atoms with Crippen LogP contribution in [0.4, 0.5) is 17.1 Å². The molecule has 0 atom stereocenters. The highest BCUT2D eigenvalue weighted by Crippen LogP contribution is 2.22. The first kappa shape index (κ1) is 12.8. The quantitative estimate of drug-likeness (QED) is 0.398. The Morgan fingerprint density at radius 1 is 1.47 bits per heavy atom. The number of hydrogen-bond acceptors (Lipinski definition) is 5. The highest BCUT2D eigenvalue weighted by atomic mass is 16.6. The van der Waals surface area contributed by atoms with Gasteiger partial charge < -0.3 is 16.4 Å². The van der Waals surface area contributed by atoms with Crippen LogP contribution in [-0.4, -0.2) is 24.4 Å². The molecular formula is C10H14N4O3. The summed E-state index contributed by atoms with van der Waals surface area (Å²) >= 11 is 0. The van der Waals surface area contributed by atoms with E-state index in [0.717, 1.165) is 0 Å². The van der Waals surface area contributed by atoms with E-state index in [-0.39, 0.29) is 11.6 Å². The highest BCUT2D eigenvalue weighted by Gasteiger charge is 2.08. The molecule has 0 saturated heterocycles. The first-order chi connectivity index (χ1) is 8.02. The molecule has 17 heavy (non-hydrogen) atoms. The van der Waals surface area contributed by atoms with Gasteiger partial charge in [0.1, 0.15) is 0 Å². The van der Waals surface area contributed by atoms with Crippen LogP contribution in [0, 0.1) is 10.1 Å². The molecule has 4 N–H and O–H groups in total. The Hall–Kier alpha value is -2.31. The number of carbonyl (C=O) groups excluding carboxylic acids is 1. The van der Waals surface area contributed by atoms with Crippen molar-refractivity contribution in [3.63, 3.8) is 0 Å². The van der Waals surface area contributed by atoms with E-state index in [9.17, 15) is 14.9 Å². The van der Waals surface area contributed by atoms with E-state index in [1.165, 1.54) is 12.1 Å². The minimum atomic E-state index is -0.514. The molecule has 0 aromatic heterocycles. The zero-order chi connectivity index (χ0) is 12.8. The molecule has 0 fully saturated rings. The Bertz CT molecular complexity index is 434. The van der Waals surface area contributed by atoms with Gasteiger partial charge in [-0.25, -0.2) is 0 Å². The van der Waals surface area contributed by atoms with Crippen LogP contribution in [0.5, 0.6) is 0 Å². The van der Waals surface area contributed by atoms with Gasteiger partial charge in [-0.2, -0.15) is 0 Å². The lowest BCUT2D eigenvalue weighted by Gasteiger charge is -2.06. The number of nitrogens with zero attached hydrogens (tertiary/aromatic N) is 1. The molecule has 0 aliphatic heterocycles. The van der Waals surface area contributed by atoms with E-state index >= 15 is 0 Å². The number of nitrogen functional groups attached to an aromatic ring is 1. The van der Waals surface area contributed by atoms with Gasteiger partial charge in [0.15, 0.2) is 0 Å². The largest absolute Gasteiger partial charge is 0.398 e. The average molecular weight is 238 g/mol. The van der Waals surface area contributed by atoms with Gasteiger partial charge in [0.05, 0.1) is 4.92 Å². The van der Waals surface area contributed by atoms with Crippen LogP contribution < -0.4 is 16.4 Å². The maximum atomic E-state index is 11.0. The summed E-state index contributed by atoms with van der Waals surface area (Å²) in [6.07, 6.45) is 0.291. The van der Waals surface area contributed by atoms with Crippen LogP contribution >= 0.6 is 0 Å². The number of non-ortho nitro benzene ring substituents is 1. The van der Waals surface area contributed by atoms with Gasteiger partial charge in [0.2, 0.25) is 5.91 Å². The zero-order valence-corrected chi connectivity index (χ0v) is 9.40. The third-order valence-corrected chi connectivity index (χ3v) is 2.11. The van der Waals surface area contributed by atoms with Gasteiger partial charge in [-0.1, -0.05) is 0 Å². The fraction of sp³-hybridized carbons (Fsp3) is 0.300. The van der Waals surface area contributed by atoms with Gasteiger partial charge >= 0.3 is 0 Å². The molecule has 0 aliphatic rings. The summed E-state index contributed by atoms with van der Waals surface area (Å²) in [6.45, 7) is 0.389. The molecule has 92 valence electrons. The number of nitrogens with one attached hydrogen (secondary N) is 2. The van der Waals surface area contributed by atoms with E-state index in [1.54, 1.807) is 13.1 Å². The fourth-order valence-corrected chi connectivity index (χ4v) is 1.29. The van der Waals surface area contributed by atoms with Crippen molar-refractivity contribution in [1.82, 2.24) is 5.32 Å². The number of nitro groups is 1. The van der Waals surface area contributed by atoms with Crippen LogP contribution in [0.2, 0.25) is 0 Å². The molecule has 7 heteroatoms. The summed E-state index contributed by atoms with van der Waals surface area (Å²) in [4.78, 5) is 21.0. The Morgan fingerprint density at radius 3 is 2.76 bits per heavy atom. The van der Waals surface area contributed by atoms with E-state index in [1.807, 2.05) is 0 Å². The van der Waals surface area contributed by atoms with E-state index in [4.69, 9.17) is 5.73 Å². The number of hydrogen-bond donors (Lipinski definition) is 3. The number of anilines is 2. The molecule has 1 rings (SSSR count). The van der Waals surface area contributed by atoms with Gasteiger partial charge in [0.25, 0.3) is 5.69 Å². The van der Waals surface area contributed by atoms with Crippen molar-refractivity contribution in [2.45, 2.75) is 6.42 Å².